The first-order valence-electron chi connectivity index (χ1n) is 7.45. The second-order valence-electron chi connectivity index (χ2n) is 5.45. The lowest BCUT2D eigenvalue weighted by atomic mass is 10.0. The Morgan fingerprint density at radius 2 is 2.15 bits per heavy atom. The van der Waals surface area contributed by atoms with E-state index in [1.54, 1.807) is 24.5 Å². The van der Waals surface area contributed by atoms with Gasteiger partial charge in [-0.15, -0.1) is 0 Å². The number of fused-ring (bicyclic) bond motifs is 1. The van der Waals surface area contributed by atoms with Gasteiger partial charge in [-0.3, -0.25) is 9.59 Å². The van der Waals surface area contributed by atoms with Gasteiger partial charge < -0.3 is 4.98 Å². The minimum absolute atomic E-state index is 0.0341. The molecule has 0 fully saturated rings. The fraction of sp³-hybridized carbons (Fsp3) is 0.176. The Morgan fingerprint density at radius 1 is 1.38 bits per heavy atom. The second kappa shape index (κ2) is 7.23. The summed E-state index contributed by atoms with van der Waals surface area (Å²) in [5.74, 6) is -2.03. The number of Topliss-reactive ketones (excluding diaryl/α,β-unsaturated/α-hetero) is 1. The van der Waals surface area contributed by atoms with Crippen LogP contribution in [0.25, 0.3) is 10.9 Å². The number of nitriles is 1. The van der Waals surface area contributed by atoms with E-state index in [0.29, 0.717) is 16.1 Å². The van der Waals surface area contributed by atoms with Gasteiger partial charge in [0, 0.05) is 0 Å². The summed E-state index contributed by atoms with van der Waals surface area (Å²) < 4.78 is 0. The van der Waals surface area contributed by atoms with Gasteiger partial charge in [0.2, 0.25) is 5.78 Å². The molecule has 0 aliphatic carbocycles. The molecular formula is C17H12ClN5O2S. The van der Waals surface area contributed by atoms with Crippen LogP contribution in [0.1, 0.15) is 27.8 Å². The molecule has 0 bridgehead atoms. The van der Waals surface area contributed by atoms with Gasteiger partial charge in [-0.25, -0.2) is 15.0 Å². The quantitative estimate of drug-likeness (QED) is 0.417. The predicted molar refractivity (Wildman–Crippen MR) is 98.6 cm³/mol. The first-order valence-corrected chi connectivity index (χ1v) is 9.05. The van der Waals surface area contributed by atoms with Crippen LogP contribution in [-0.2, 0) is 0 Å². The lowest BCUT2D eigenvalue weighted by molar-refractivity contribution is 0.0970. The molecule has 2 aromatic heterocycles. The number of aryl methyl sites for hydroxylation is 1. The van der Waals surface area contributed by atoms with Crippen LogP contribution in [0, 0.1) is 18.3 Å². The number of hydrogen-bond acceptors (Lipinski definition) is 7. The number of nitrogens with one attached hydrogen (secondary N) is 1. The maximum absolute atomic E-state index is 12.8. The van der Waals surface area contributed by atoms with Gasteiger partial charge in [-0.05, 0) is 25.3 Å². The van der Waals surface area contributed by atoms with Crippen LogP contribution in [-0.4, -0.2) is 32.0 Å². The van der Waals surface area contributed by atoms with Crippen molar-refractivity contribution in [2.24, 2.45) is 0 Å². The van der Waals surface area contributed by atoms with Crippen LogP contribution in [0.2, 0.25) is 5.02 Å². The van der Waals surface area contributed by atoms with Gasteiger partial charge in [-0.2, -0.15) is 5.26 Å². The Labute approximate surface area is 157 Å². The van der Waals surface area contributed by atoms with Crippen LogP contribution < -0.4 is 5.56 Å². The second-order valence-corrected chi connectivity index (χ2v) is 6.63. The van der Waals surface area contributed by atoms with Crippen molar-refractivity contribution in [2.75, 3.05) is 6.26 Å². The topological polar surface area (TPSA) is 112 Å². The van der Waals surface area contributed by atoms with Crippen molar-refractivity contribution in [3.05, 3.63) is 56.9 Å². The lowest BCUT2D eigenvalue weighted by Gasteiger charge is -2.10. The summed E-state index contributed by atoms with van der Waals surface area (Å²) in [6, 6.07) is 7.04. The average molecular weight is 386 g/mol. The summed E-state index contributed by atoms with van der Waals surface area (Å²) in [4.78, 5) is 40.0. The van der Waals surface area contributed by atoms with Crippen LogP contribution in [0.4, 0.5) is 0 Å². The number of thioether (sulfide) groups is 1. The first kappa shape index (κ1) is 18.0. The van der Waals surface area contributed by atoms with Gasteiger partial charge >= 0.3 is 0 Å². The van der Waals surface area contributed by atoms with E-state index >= 15 is 0 Å². The molecule has 1 aromatic carbocycles. The standard InChI is InChI=1S/C17H12ClN5O2S/c1-8-3-4-12-9(5-8)16(25)23-15(21-12)10(6-19)14(24)13-11(18)7-20-17(22-13)26-2/h3-5,7,10H,1-2H3,(H,21,23,25). The van der Waals surface area contributed by atoms with E-state index < -0.39 is 17.3 Å². The number of rotatable bonds is 4. The number of nitrogens with zero attached hydrogens (tertiary/aromatic N) is 4. The zero-order chi connectivity index (χ0) is 18.8. The molecule has 2 heterocycles. The largest absolute Gasteiger partial charge is 0.308 e. The van der Waals surface area contributed by atoms with Crippen molar-refractivity contribution in [2.45, 2.75) is 18.0 Å². The summed E-state index contributed by atoms with van der Waals surface area (Å²) >= 11 is 7.26. The molecule has 0 amide bonds. The van der Waals surface area contributed by atoms with Gasteiger partial charge in [0.05, 0.1) is 28.2 Å². The number of H-pyrrole nitrogens is 1. The summed E-state index contributed by atoms with van der Waals surface area (Å²) in [7, 11) is 0. The highest BCUT2D eigenvalue weighted by molar-refractivity contribution is 7.98. The molecule has 130 valence electrons. The Morgan fingerprint density at radius 3 is 2.85 bits per heavy atom. The highest BCUT2D eigenvalue weighted by atomic mass is 35.5. The summed E-state index contributed by atoms with van der Waals surface area (Å²) in [6.07, 6.45) is 3.06. The van der Waals surface area contributed by atoms with E-state index in [2.05, 4.69) is 19.9 Å². The number of hydrogen-bond donors (Lipinski definition) is 1. The molecule has 0 aliphatic rings. The zero-order valence-corrected chi connectivity index (χ0v) is 15.4. The van der Waals surface area contributed by atoms with E-state index in [-0.39, 0.29) is 16.5 Å². The Hall–Kier alpha value is -2.76. The van der Waals surface area contributed by atoms with Gasteiger partial charge in [0.15, 0.2) is 11.1 Å². The van der Waals surface area contributed by atoms with Crippen molar-refractivity contribution < 1.29 is 4.79 Å². The molecule has 26 heavy (non-hydrogen) atoms. The van der Waals surface area contributed by atoms with Crippen molar-refractivity contribution in [1.29, 1.82) is 5.26 Å². The molecule has 0 aliphatic heterocycles. The zero-order valence-electron chi connectivity index (χ0n) is 13.8. The van der Waals surface area contributed by atoms with Gasteiger partial charge in [-0.1, -0.05) is 35.0 Å². The molecule has 1 unspecified atom stereocenters. The lowest BCUT2D eigenvalue weighted by Crippen LogP contribution is -2.21. The molecule has 1 atom stereocenters. The first-order chi connectivity index (χ1) is 12.4. The maximum Gasteiger partial charge on any atom is 0.258 e. The molecule has 3 rings (SSSR count). The van der Waals surface area contributed by atoms with Crippen LogP contribution in [0.5, 0.6) is 0 Å². The van der Waals surface area contributed by atoms with Gasteiger partial charge in [0.1, 0.15) is 11.5 Å². The maximum atomic E-state index is 12.8. The molecule has 0 spiro atoms. The molecule has 3 aromatic rings. The van der Waals surface area contributed by atoms with Crippen molar-refractivity contribution >= 4 is 40.0 Å². The fourth-order valence-electron chi connectivity index (χ4n) is 2.41. The minimum Gasteiger partial charge on any atom is -0.308 e. The Bertz CT molecular complexity index is 1120. The van der Waals surface area contributed by atoms with E-state index in [9.17, 15) is 14.9 Å². The number of halogens is 1. The van der Waals surface area contributed by atoms with Crippen LogP contribution >= 0.6 is 23.4 Å². The SMILES string of the molecule is CSc1ncc(Cl)c(C(=O)C(C#N)c2nc3ccc(C)cc3c(=O)[nH]2)n1. The van der Waals surface area contributed by atoms with E-state index in [1.165, 1.54) is 18.0 Å². The number of ketones is 1. The fourth-order valence-corrected chi connectivity index (χ4v) is 2.93. The molecular weight excluding hydrogens is 374 g/mol. The number of aromatic amines is 1. The molecule has 0 saturated heterocycles. The van der Waals surface area contributed by atoms with Crippen LogP contribution in [0.15, 0.2) is 34.3 Å². The molecule has 7 nitrogen and oxygen atoms in total. The molecule has 9 heteroatoms. The highest BCUT2D eigenvalue weighted by Crippen LogP contribution is 2.23. The van der Waals surface area contributed by atoms with E-state index in [4.69, 9.17) is 11.6 Å². The smallest absolute Gasteiger partial charge is 0.258 e. The summed E-state index contributed by atoms with van der Waals surface area (Å²) in [6.45, 7) is 1.86. The summed E-state index contributed by atoms with van der Waals surface area (Å²) in [5.41, 5.74) is 0.813. The molecule has 0 saturated carbocycles. The molecule has 1 N–H and O–H groups in total. The average Bonchev–Trinajstić information content (AvgIpc) is 2.63. The van der Waals surface area contributed by atoms with Gasteiger partial charge in [0.25, 0.3) is 5.56 Å². The minimum atomic E-state index is -1.34. The number of benzene rings is 1. The number of aromatic nitrogens is 4. The Balaban J connectivity index is 2.11. The summed E-state index contributed by atoms with van der Waals surface area (Å²) in [5, 5.41) is 10.3. The number of carbonyl (C=O) groups excluding carboxylic acids is 1. The predicted octanol–water partition coefficient (Wildman–Crippen LogP) is 2.89. The third-order valence-corrected chi connectivity index (χ3v) is 4.52. The third-order valence-electron chi connectivity index (χ3n) is 3.68. The highest BCUT2D eigenvalue weighted by Gasteiger charge is 2.28. The Kier molecular flexibility index (Phi) is 5.02. The normalized spacial score (nSPS) is 11.9. The monoisotopic (exact) mass is 385 g/mol. The number of carbonyl (C=O) groups is 1. The van der Waals surface area contributed by atoms with Crippen molar-refractivity contribution in [1.82, 2.24) is 19.9 Å². The van der Waals surface area contributed by atoms with Crippen molar-refractivity contribution in [3.8, 4) is 6.07 Å². The van der Waals surface area contributed by atoms with E-state index in [0.717, 1.165) is 5.56 Å². The molecule has 0 radical (unpaired) electrons. The van der Waals surface area contributed by atoms with E-state index in [1.807, 2.05) is 13.0 Å². The third kappa shape index (κ3) is 3.31. The van der Waals surface area contributed by atoms with Crippen LogP contribution in [0.3, 0.4) is 0 Å². The van der Waals surface area contributed by atoms with Crippen molar-refractivity contribution in [3.63, 3.8) is 0 Å².